The molecule has 0 amide bonds. The van der Waals surface area contributed by atoms with Gasteiger partial charge in [-0.25, -0.2) is 0 Å². The normalized spacial score (nSPS) is 20.0. The van der Waals surface area contributed by atoms with E-state index in [1.165, 1.54) is 109 Å². The monoisotopic (exact) mass is 927 g/mol. The first kappa shape index (κ1) is 61.4. The van der Waals surface area contributed by atoms with Gasteiger partial charge in [-0.1, -0.05) is 195 Å². The highest BCUT2D eigenvalue weighted by Gasteiger charge is 2.44. The van der Waals surface area contributed by atoms with Crippen LogP contribution in [0, 0.1) is 0 Å². The summed E-state index contributed by atoms with van der Waals surface area (Å²) in [7, 11) is 0. The van der Waals surface area contributed by atoms with E-state index in [4.69, 9.17) is 18.9 Å². The highest BCUT2D eigenvalue weighted by molar-refractivity contribution is 5.69. The van der Waals surface area contributed by atoms with Gasteiger partial charge in [0.25, 0.3) is 0 Å². The molecule has 0 radical (unpaired) electrons. The van der Waals surface area contributed by atoms with Crippen molar-refractivity contribution in [1.82, 2.24) is 0 Å². The lowest BCUT2D eigenvalue weighted by atomic mass is 9.99. The molecular formula is C57H98O9. The number of hydrogen-bond acceptors (Lipinski definition) is 9. The quantitative estimate of drug-likeness (QED) is 0.0267. The zero-order chi connectivity index (χ0) is 47.8. The summed E-state index contributed by atoms with van der Waals surface area (Å²) in [5, 5.41) is 40.3. The van der Waals surface area contributed by atoms with Crippen LogP contribution in [0.15, 0.2) is 85.1 Å². The van der Waals surface area contributed by atoms with Crippen LogP contribution in [-0.2, 0) is 23.7 Å². The van der Waals surface area contributed by atoms with Crippen LogP contribution in [0.5, 0.6) is 0 Å². The molecule has 1 aliphatic rings. The van der Waals surface area contributed by atoms with E-state index >= 15 is 0 Å². The van der Waals surface area contributed by atoms with Gasteiger partial charge in [0, 0.05) is 13.0 Å². The minimum absolute atomic E-state index is 0.111. The van der Waals surface area contributed by atoms with Crippen LogP contribution >= 0.6 is 0 Å². The molecule has 1 saturated heterocycles. The summed E-state index contributed by atoms with van der Waals surface area (Å²) >= 11 is 0. The van der Waals surface area contributed by atoms with Crippen LogP contribution in [0.1, 0.15) is 206 Å². The second-order valence-electron chi connectivity index (χ2n) is 17.9. The highest BCUT2D eigenvalue weighted by Crippen LogP contribution is 2.23. The summed E-state index contributed by atoms with van der Waals surface area (Å²) in [6.45, 7) is 4.33. The maximum Gasteiger partial charge on any atom is 0.306 e. The molecule has 1 fully saturated rings. The van der Waals surface area contributed by atoms with Crippen LogP contribution in [0.3, 0.4) is 0 Å². The van der Waals surface area contributed by atoms with Crippen LogP contribution in [0.4, 0.5) is 0 Å². The van der Waals surface area contributed by atoms with Gasteiger partial charge in [-0.05, 0) is 89.9 Å². The van der Waals surface area contributed by atoms with Crippen LogP contribution in [0.2, 0.25) is 0 Å². The summed E-state index contributed by atoms with van der Waals surface area (Å²) in [4.78, 5) is 12.9. The zero-order valence-electron chi connectivity index (χ0n) is 41.9. The van der Waals surface area contributed by atoms with E-state index in [1.54, 1.807) is 0 Å². The second kappa shape index (κ2) is 47.4. The summed E-state index contributed by atoms with van der Waals surface area (Å²) < 4.78 is 22.9. The lowest BCUT2D eigenvalue weighted by molar-refractivity contribution is -0.305. The number of unbranched alkanes of at least 4 members (excludes halogenated alkanes) is 20. The van der Waals surface area contributed by atoms with Crippen molar-refractivity contribution in [3.8, 4) is 0 Å². The molecule has 0 saturated carbocycles. The third-order valence-corrected chi connectivity index (χ3v) is 11.8. The largest absolute Gasteiger partial charge is 0.457 e. The van der Waals surface area contributed by atoms with Gasteiger partial charge in [0.1, 0.15) is 30.5 Å². The van der Waals surface area contributed by atoms with E-state index < -0.39 is 43.4 Å². The fraction of sp³-hybridized carbons (Fsp3) is 0.737. The van der Waals surface area contributed by atoms with Crippen LogP contribution in [0.25, 0.3) is 0 Å². The number of ether oxygens (including phenoxy) is 4. The van der Waals surface area contributed by atoms with Crippen molar-refractivity contribution in [1.29, 1.82) is 0 Å². The van der Waals surface area contributed by atoms with Crippen molar-refractivity contribution in [3.63, 3.8) is 0 Å². The zero-order valence-corrected chi connectivity index (χ0v) is 41.9. The van der Waals surface area contributed by atoms with Crippen molar-refractivity contribution in [2.45, 2.75) is 243 Å². The molecule has 0 spiro atoms. The summed E-state index contributed by atoms with van der Waals surface area (Å²) in [5.41, 5.74) is 0. The van der Waals surface area contributed by atoms with Crippen molar-refractivity contribution in [2.24, 2.45) is 0 Å². The van der Waals surface area contributed by atoms with Gasteiger partial charge in [-0.3, -0.25) is 4.79 Å². The van der Waals surface area contributed by atoms with E-state index in [9.17, 15) is 25.2 Å². The predicted molar refractivity (Wildman–Crippen MR) is 274 cm³/mol. The maximum atomic E-state index is 12.9. The Balaban J connectivity index is 2.21. The summed E-state index contributed by atoms with van der Waals surface area (Å²) in [6, 6.07) is 0. The molecule has 0 aromatic rings. The smallest absolute Gasteiger partial charge is 0.306 e. The van der Waals surface area contributed by atoms with Gasteiger partial charge in [0.15, 0.2) is 6.29 Å². The molecule has 0 aromatic carbocycles. The number of aliphatic hydroxyl groups is 4. The predicted octanol–water partition coefficient (Wildman–Crippen LogP) is 13.4. The molecule has 0 bridgehead atoms. The summed E-state index contributed by atoms with van der Waals surface area (Å²) in [6.07, 6.45) is 57.7. The fourth-order valence-electron chi connectivity index (χ4n) is 7.67. The topological polar surface area (TPSA) is 135 Å². The first-order valence-electron chi connectivity index (χ1n) is 26.7. The number of allylic oxidation sites excluding steroid dienone is 14. The molecule has 1 heterocycles. The van der Waals surface area contributed by atoms with Gasteiger partial charge in [-0.2, -0.15) is 0 Å². The maximum absolute atomic E-state index is 12.9. The van der Waals surface area contributed by atoms with Gasteiger partial charge in [-0.15, -0.1) is 0 Å². The molecule has 380 valence electrons. The van der Waals surface area contributed by atoms with Gasteiger partial charge >= 0.3 is 5.97 Å². The molecule has 6 atom stereocenters. The number of esters is 1. The average molecular weight is 927 g/mol. The molecule has 6 unspecified atom stereocenters. The van der Waals surface area contributed by atoms with Crippen LogP contribution in [-0.4, -0.2) is 89.6 Å². The van der Waals surface area contributed by atoms with Crippen molar-refractivity contribution < 1.29 is 44.2 Å². The molecule has 1 aliphatic heterocycles. The number of carbonyl (C=O) groups excluding carboxylic acids is 1. The van der Waals surface area contributed by atoms with E-state index in [1.807, 2.05) is 0 Å². The minimum atomic E-state index is -1.55. The van der Waals surface area contributed by atoms with Crippen molar-refractivity contribution in [3.05, 3.63) is 85.1 Å². The Morgan fingerprint density at radius 2 is 0.924 bits per heavy atom. The minimum Gasteiger partial charge on any atom is -0.457 e. The Morgan fingerprint density at radius 3 is 1.39 bits per heavy atom. The van der Waals surface area contributed by atoms with Crippen LogP contribution < -0.4 is 0 Å². The molecule has 9 nitrogen and oxygen atoms in total. The molecular weight excluding hydrogens is 829 g/mol. The molecule has 0 aliphatic carbocycles. The van der Waals surface area contributed by atoms with Gasteiger partial charge in [0.05, 0.1) is 19.8 Å². The van der Waals surface area contributed by atoms with Crippen molar-refractivity contribution in [2.75, 3.05) is 26.4 Å². The Bertz CT molecular complexity index is 1280. The van der Waals surface area contributed by atoms with Crippen molar-refractivity contribution >= 4 is 5.97 Å². The lowest BCUT2D eigenvalue weighted by Gasteiger charge is -2.39. The van der Waals surface area contributed by atoms with E-state index in [0.29, 0.717) is 13.0 Å². The van der Waals surface area contributed by atoms with E-state index in [-0.39, 0.29) is 19.2 Å². The second-order valence-corrected chi connectivity index (χ2v) is 17.9. The molecule has 9 heteroatoms. The number of carbonyl (C=O) groups is 1. The molecule has 0 aromatic heterocycles. The Morgan fingerprint density at radius 1 is 0.500 bits per heavy atom. The highest BCUT2D eigenvalue weighted by atomic mass is 16.7. The fourth-order valence-corrected chi connectivity index (χ4v) is 7.67. The van der Waals surface area contributed by atoms with Gasteiger partial charge in [0.2, 0.25) is 0 Å². The first-order chi connectivity index (χ1) is 32.4. The number of rotatable bonds is 45. The standard InChI is InChI=1S/C57H98O9/c1-3-5-7-9-11-13-15-17-19-21-23-24-25-26-27-28-29-30-32-34-36-38-40-42-44-46-53(59)65-51(50-64-57-56(62)55(61)54(60)52(48-58)66-57)49-63-47-45-43-41-39-37-35-33-31-22-20-18-16-14-12-10-8-6-4-2/h6,8,12,14-15,17-18,20-21,23,31,33,37,39,51-52,54-58,60-62H,3-5,7,9-11,13,16,19,22,24-30,32,34-36,38,40-50H2,1-2H3/b8-6-,14-12-,17-15-,20-18-,23-21-,33-31-,39-37-. The third-order valence-electron chi connectivity index (χ3n) is 11.8. The molecule has 4 N–H and O–H groups in total. The lowest BCUT2D eigenvalue weighted by Crippen LogP contribution is -2.59. The van der Waals surface area contributed by atoms with Gasteiger partial charge < -0.3 is 39.4 Å². The molecule has 1 rings (SSSR count). The summed E-state index contributed by atoms with van der Waals surface area (Å²) in [5.74, 6) is -0.331. The SMILES string of the molecule is CC/C=C\C/C=C\C/C=C\C/C=C\C/C=C\CCCCOCC(COC1OC(CO)C(O)C(O)C1O)OC(=O)CCCCCCCCCCCCCCC/C=C\C/C=C\CCCCCCC. The Hall–Kier alpha value is -2.63. The molecule has 66 heavy (non-hydrogen) atoms. The number of aliphatic hydroxyl groups excluding tert-OH is 4. The number of hydrogen-bond donors (Lipinski definition) is 4. The average Bonchev–Trinajstić information content (AvgIpc) is 3.32. The Kier molecular flexibility index (Phi) is 44.1. The third kappa shape index (κ3) is 37.4. The Labute approximate surface area is 403 Å². The first-order valence-corrected chi connectivity index (χ1v) is 26.7. The van der Waals surface area contributed by atoms with E-state index in [0.717, 1.165) is 77.0 Å². The van der Waals surface area contributed by atoms with E-state index in [2.05, 4.69) is 98.9 Å².